The number of aryl methyl sites for hydroxylation is 1. The molecule has 0 spiro atoms. The van der Waals surface area contributed by atoms with Crippen molar-refractivity contribution in [3.05, 3.63) is 35.3 Å². The minimum absolute atomic E-state index is 0.144. The van der Waals surface area contributed by atoms with Crippen molar-refractivity contribution < 1.29 is 8.81 Å². The van der Waals surface area contributed by atoms with Gasteiger partial charge < -0.3 is 10.2 Å². The first-order chi connectivity index (χ1) is 7.99. The van der Waals surface area contributed by atoms with E-state index in [1.54, 1.807) is 19.1 Å². The molecule has 0 saturated carbocycles. The maximum atomic E-state index is 13.2. The lowest BCUT2D eigenvalue weighted by molar-refractivity contribution is 0.590. The van der Waals surface area contributed by atoms with Crippen molar-refractivity contribution in [3.8, 4) is 11.3 Å². The van der Waals surface area contributed by atoms with E-state index in [4.69, 9.17) is 10.2 Å². The summed E-state index contributed by atoms with van der Waals surface area (Å²) < 4.78 is 18.6. The molecule has 2 rings (SSSR count). The van der Waals surface area contributed by atoms with E-state index < -0.39 is 0 Å². The molecule has 0 aliphatic carbocycles. The van der Waals surface area contributed by atoms with Crippen molar-refractivity contribution in [2.24, 2.45) is 0 Å². The molecule has 1 aromatic heterocycles. The number of oxazole rings is 1. The fraction of sp³-hybridized carbons (Fsp3) is 0.308. The minimum atomic E-state index is -0.229. The molecule has 0 aliphatic heterocycles. The molecule has 1 aromatic carbocycles. The molecule has 0 amide bonds. The van der Waals surface area contributed by atoms with Crippen LogP contribution in [0.3, 0.4) is 0 Å². The highest BCUT2D eigenvalue weighted by Gasteiger charge is 2.17. The third-order valence-corrected chi connectivity index (χ3v) is 2.64. The van der Waals surface area contributed by atoms with Gasteiger partial charge in [-0.2, -0.15) is 4.98 Å². The first-order valence-corrected chi connectivity index (χ1v) is 5.51. The fourth-order valence-corrected chi connectivity index (χ4v) is 1.73. The van der Waals surface area contributed by atoms with Gasteiger partial charge in [-0.15, -0.1) is 0 Å². The van der Waals surface area contributed by atoms with Gasteiger partial charge in [0.1, 0.15) is 5.82 Å². The molecule has 0 unspecified atom stereocenters. The number of nitrogens with zero attached hydrogens (tertiary/aromatic N) is 1. The van der Waals surface area contributed by atoms with Gasteiger partial charge in [-0.1, -0.05) is 13.8 Å². The highest BCUT2D eigenvalue weighted by Crippen LogP contribution is 2.31. The molecular formula is C13H15FN2O. The number of rotatable bonds is 2. The van der Waals surface area contributed by atoms with Crippen LogP contribution in [0.2, 0.25) is 0 Å². The largest absolute Gasteiger partial charge is 0.423 e. The van der Waals surface area contributed by atoms with E-state index in [2.05, 4.69) is 4.98 Å². The summed E-state index contributed by atoms with van der Waals surface area (Å²) in [4.78, 5) is 4.16. The lowest BCUT2D eigenvalue weighted by Crippen LogP contribution is -1.92. The zero-order valence-electron chi connectivity index (χ0n) is 10.1. The molecule has 17 heavy (non-hydrogen) atoms. The summed E-state index contributed by atoms with van der Waals surface area (Å²) in [6, 6.07) is 4.98. The van der Waals surface area contributed by atoms with Crippen LogP contribution in [-0.2, 0) is 0 Å². The van der Waals surface area contributed by atoms with E-state index in [0.29, 0.717) is 11.3 Å². The molecule has 2 N–H and O–H groups in total. The first-order valence-electron chi connectivity index (χ1n) is 5.51. The van der Waals surface area contributed by atoms with E-state index in [0.717, 1.165) is 11.3 Å². The van der Waals surface area contributed by atoms with Gasteiger partial charge >= 0.3 is 0 Å². The van der Waals surface area contributed by atoms with Crippen LogP contribution in [0.15, 0.2) is 22.6 Å². The minimum Gasteiger partial charge on any atom is -0.423 e. The summed E-state index contributed by atoms with van der Waals surface area (Å²) in [5, 5.41) is 0. The topological polar surface area (TPSA) is 52.0 Å². The van der Waals surface area contributed by atoms with Crippen LogP contribution in [0.1, 0.15) is 31.0 Å². The maximum absolute atomic E-state index is 13.2. The molecule has 2 aromatic rings. The van der Waals surface area contributed by atoms with Gasteiger partial charge in [-0.05, 0) is 36.6 Å². The Hall–Kier alpha value is -1.84. The van der Waals surface area contributed by atoms with Gasteiger partial charge in [-0.3, -0.25) is 0 Å². The lowest BCUT2D eigenvalue weighted by atomic mass is 10.0. The van der Waals surface area contributed by atoms with E-state index in [1.807, 2.05) is 13.8 Å². The van der Waals surface area contributed by atoms with E-state index in [1.165, 1.54) is 6.07 Å². The van der Waals surface area contributed by atoms with Crippen molar-refractivity contribution in [2.75, 3.05) is 5.73 Å². The number of anilines is 1. The summed E-state index contributed by atoms with van der Waals surface area (Å²) in [6.07, 6.45) is 0. The normalized spacial score (nSPS) is 11.1. The third-order valence-electron chi connectivity index (χ3n) is 2.64. The molecular weight excluding hydrogens is 219 g/mol. The average molecular weight is 234 g/mol. The average Bonchev–Trinajstić information content (AvgIpc) is 2.64. The van der Waals surface area contributed by atoms with Crippen molar-refractivity contribution in [1.82, 2.24) is 4.98 Å². The van der Waals surface area contributed by atoms with Crippen LogP contribution in [0.5, 0.6) is 0 Å². The first kappa shape index (κ1) is 11.6. The molecule has 0 aliphatic rings. The number of hydrogen-bond acceptors (Lipinski definition) is 3. The fourth-order valence-electron chi connectivity index (χ4n) is 1.73. The van der Waals surface area contributed by atoms with Gasteiger partial charge in [0.15, 0.2) is 5.76 Å². The monoisotopic (exact) mass is 234 g/mol. The van der Waals surface area contributed by atoms with Crippen LogP contribution in [0.4, 0.5) is 10.4 Å². The zero-order valence-corrected chi connectivity index (χ0v) is 10.1. The summed E-state index contributed by atoms with van der Waals surface area (Å²) >= 11 is 0. The third kappa shape index (κ3) is 2.16. The Bertz CT molecular complexity index is 546. The standard InChI is InChI=1S/C13H15FN2O/c1-7(2)11-12(17-13(15)16-11)9-4-5-10(14)8(3)6-9/h4-7H,1-3H3,(H2,15,16). The zero-order chi connectivity index (χ0) is 12.6. The van der Waals surface area contributed by atoms with Crippen molar-refractivity contribution in [1.29, 1.82) is 0 Å². The highest BCUT2D eigenvalue weighted by atomic mass is 19.1. The second-order valence-corrected chi connectivity index (χ2v) is 4.39. The van der Waals surface area contributed by atoms with Crippen molar-refractivity contribution in [3.63, 3.8) is 0 Å². The van der Waals surface area contributed by atoms with Crippen LogP contribution >= 0.6 is 0 Å². The second-order valence-electron chi connectivity index (χ2n) is 4.39. The number of aromatic nitrogens is 1. The van der Waals surface area contributed by atoms with Crippen molar-refractivity contribution >= 4 is 6.01 Å². The predicted molar refractivity (Wildman–Crippen MR) is 65.1 cm³/mol. The van der Waals surface area contributed by atoms with Gasteiger partial charge in [0.05, 0.1) is 5.69 Å². The molecule has 4 heteroatoms. The molecule has 0 saturated heterocycles. The Labute approximate surface area is 99.5 Å². The number of benzene rings is 1. The van der Waals surface area contributed by atoms with Crippen LogP contribution < -0.4 is 5.73 Å². The Kier molecular flexibility index (Phi) is 2.88. The molecule has 1 heterocycles. The Morgan fingerprint density at radius 1 is 1.35 bits per heavy atom. The molecule has 0 fully saturated rings. The van der Waals surface area contributed by atoms with Gasteiger partial charge in [-0.25, -0.2) is 4.39 Å². The predicted octanol–water partition coefficient (Wildman–Crippen LogP) is 3.49. The van der Waals surface area contributed by atoms with E-state index in [9.17, 15) is 4.39 Å². The van der Waals surface area contributed by atoms with E-state index >= 15 is 0 Å². The maximum Gasteiger partial charge on any atom is 0.292 e. The van der Waals surface area contributed by atoms with Crippen molar-refractivity contribution in [2.45, 2.75) is 26.7 Å². The van der Waals surface area contributed by atoms with E-state index in [-0.39, 0.29) is 17.7 Å². The summed E-state index contributed by atoms with van der Waals surface area (Å²) in [5.74, 6) is 0.601. The molecule has 0 bridgehead atoms. The second kappa shape index (κ2) is 4.20. The SMILES string of the molecule is Cc1cc(-c2oc(N)nc2C(C)C)ccc1F. The Morgan fingerprint density at radius 2 is 2.06 bits per heavy atom. The van der Waals surface area contributed by atoms with Crippen LogP contribution in [-0.4, -0.2) is 4.98 Å². The quantitative estimate of drug-likeness (QED) is 0.865. The number of nitrogens with two attached hydrogens (primary N) is 1. The van der Waals surface area contributed by atoms with Gasteiger partial charge in [0.2, 0.25) is 0 Å². The number of hydrogen-bond donors (Lipinski definition) is 1. The molecule has 3 nitrogen and oxygen atoms in total. The number of nitrogen functional groups attached to an aromatic ring is 1. The summed E-state index contributed by atoms with van der Waals surface area (Å²) in [7, 11) is 0. The Balaban J connectivity index is 2.55. The van der Waals surface area contributed by atoms with Crippen LogP contribution in [0.25, 0.3) is 11.3 Å². The molecule has 0 radical (unpaired) electrons. The lowest BCUT2D eigenvalue weighted by Gasteiger charge is -2.05. The van der Waals surface area contributed by atoms with Crippen LogP contribution in [0, 0.1) is 12.7 Å². The molecule has 0 atom stereocenters. The molecule has 90 valence electrons. The summed E-state index contributed by atoms with van der Waals surface area (Å²) in [6.45, 7) is 5.74. The summed E-state index contributed by atoms with van der Waals surface area (Å²) in [5.41, 5.74) is 7.75. The number of halogens is 1. The smallest absolute Gasteiger partial charge is 0.292 e. The Morgan fingerprint density at radius 3 is 2.65 bits per heavy atom. The van der Waals surface area contributed by atoms with Gasteiger partial charge in [0.25, 0.3) is 6.01 Å². The highest BCUT2D eigenvalue weighted by molar-refractivity contribution is 5.62. The van der Waals surface area contributed by atoms with Gasteiger partial charge in [0, 0.05) is 5.56 Å².